The fraction of sp³-hybridized carbons (Fsp3) is 0.292. The van der Waals surface area contributed by atoms with Crippen LogP contribution in [0, 0.1) is 5.82 Å². The van der Waals surface area contributed by atoms with Crippen molar-refractivity contribution in [2.45, 2.75) is 25.0 Å². The smallest absolute Gasteiger partial charge is 0.137 e. The molecule has 3 aromatic rings. The van der Waals surface area contributed by atoms with E-state index >= 15 is 0 Å². The Balaban J connectivity index is 1.58. The summed E-state index contributed by atoms with van der Waals surface area (Å²) in [6, 6.07) is 18.2. The van der Waals surface area contributed by atoms with Gasteiger partial charge in [-0.15, -0.1) is 0 Å². The predicted molar refractivity (Wildman–Crippen MR) is 110 cm³/mol. The lowest BCUT2D eigenvalue weighted by molar-refractivity contribution is -0.268. The zero-order valence-corrected chi connectivity index (χ0v) is 16.7. The summed E-state index contributed by atoms with van der Waals surface area (Å²) in [6.45, 7) is 0.848. The summed E-state index contributed by atoms with van der Waals surface area (Å²) in [4.78, 5) is 12.7. The monoisotopic (exact) mass is 408 g/mol. The number of amides is 1. The van der Waals surface area contributed by atoms with Gasteiger partial charge in [0.1, 0.15) is 17.7 Å². The molecule has 5 nitrogen and oxygen atoms in total. The standard InChI is InChI=1S/C24H24FNO4/c1-29-23-18(7-6-16-4-2-3-5-21(16)23)15-30-22-14-26(24(27)28)13-12-20(22)17-8-10-19(25)11-9-17/h2-11,20,22H,12-15H2,1H3,(H,27,28)/p-1. The number of rotatable bonds is 5. The first-order chi connectivity index (χ1) is 14.6. The largest absolute Gasteiger partial charge is 0.530 e. The van der Waals surface area contributed by atoms with E-state index in [4.69, 9.17) is 9.47 Å². The molecule has 0 radical (unpaired) electrons. The number of benzene rings is 3. The van der Waals surface area contributed by atoms with Gasteiger partial charge < -0.3 is 24.3 Å². The fourth-order valence-electron chi connectivity index (χ4n) is 4.18. The molecule has 2 atom stereocenters. The van der Waals surface area contributed by atoms with E-state index in [9.17, 15) is 14.3 Å². The molecule has 1 aliphatic rings. The molecule has 3 aromatic carbocycles. The zero-order valence-electron chi connectivity index (χ0n) is 16.7. The SMILES string of the molecule is COc1c(COC2CN(C(=O)[O-])CCC2c2ccc(F)cc2)ccc2ccccc12. The van der Waals surface area contributed by atoms with Crippen LogP contribution in [-0.2, 0) is 11.3 Å². The molecule has 2 unspecified atom stereocenters. The second-order valence-electron chi connectivity index (χ2n) is 7.49. The van der Waals surface area contributed by atoms with E-state index in [1.54, 1.807) is 19.2 Å². The molecule has 0 aliphatic carbocycles. The van der Waals surface area contributed by atoms with Crippen LogP contribution in [0.5, 0.6) is 5.75 Å². The second-order valence-corrected chi connectivity index (χ2v) is 7.49. The van der Waals surface area contributed by atoms with Crippen molar-refractivity contribution in [3.8, 4) is 5.75 Å². The maximum absolute atomic E-state index is 13.4. The molecule has 6 heteroatoms. The van der Waals surface area contributed by atoms with Crippen molar-refractivity contribution < 1.29 is 23.8 Å². The van der Waals surface area contributed by atoms with Gasteiger partial charge in [0.2, 0.25) is 0 Å². The summed E-state index contributed by atoms with van der Waals surface area (Å²) in [7, 11) is 1.63. The fourth-order valence-corrected chi connectivity index (χ4v) is 4.18. The first-order valence-corrected chi connectivity index (χ1v) is 9.94. The molecule has 1 heterocycles. The Morgan fingerprint density at radius 1 is 1.13 bits per heavy atom. The number of hydrogen-bond acceptors (Lipinski definition) is 4. The quantitative estimate of drug-likeness (QED) is 0.646. The molecule has 0 bridgehead atoms. The van der Waals surface area contributed by atoms with Gasteiger partial charge >= 0.3 is 0 Å². The Morgan fingerprint density at radius 2 is 1.90 bits per heavy atom. The number of fused-ring (bicyclic) bond motifs is 1. The van der Waals surface area contributed by atoms with Gasteiger partial charge in [-0.3, -0.25) is 0 Å². The average molecular weight is 408 g/mol. The number of likely N-dealkylation sites (tertiary alicyclic amines) is 1. The summed E-state index contributed by atoms with van der Waals surface area (Å²) < 4.78 is 25.2. The number of halogens is 1. The second kappa shape index (κ2) is 8.71. The van der Waals surface area contributed by atoms with Crippen molar-refractivity contribution in [3.63, 3.8) is 0 Å². The van der Waals surface area contributed by atoms with Crippen molar-refractivity contribution in [2.24, 2.45) is 0 Å². The number of piperidine rings is 1. The van der Waals surface area contributed by atoms with Crippen LogP contribution < -0.4 is 9.84 Å². The lowest BCUT2D eigenvalue weighted by Gasteiger charge is -2.40. The molecule has 1 amide bonds. The predicted octanol–water partition coefficient (Wildman–Crippen LogP) is 3.71. The maximum atomic E-state index is 13.4. The van der Waals surface area contributed by atoms with E-state index in [-0.39, 0.29) is 31.0 Å². The van der Waals surface area contributed by atoms with Crippen LogP contribution in [0.2, 0.25) is 0 Å². The summed E-state index contributed by atoms with van der Waals surface area (Å²) in [6.07, 6.45) is -0.998. The van der Waals surface area contributed by atoms with Crippen LogP contribution in [-0.4, -0.2) is 37.3 Å². The molecule has 1 fully saturated rings. The van der Waals surface area contributed by atoms with Crippen molar-refractivity contribution in [2.75, 3.05) is 20.2 Å². The highest BCUT2D eigenvalue weighted by Crippen LogP contribution is 2.34. The van der Waals surface area contributed by atoms with Crippen LogP contribution in [0.15, 0.2) is 60.7 Å². The van der Waals surface area contributed by atoms with Crippen LogP contribution >= 0.6 is 0 Å². The number of nitrogens with zero attached hydrogens (tertiary/aromatic N) is 1. The normalized spacial score (nSPS) is 19.1. The Hall–Kier alpha value is -3.12. The highest BCUT2D eigenvalue weighted by molar-refractivity contribution is 5.89. The Labute approximate surface area is 174 Å². The molecule has 0 N–H and O–H groups in total. The van der Waals surface area contributed by atoms with Gasteiger partial charge in [-0.1, -0.05) is 48.5 Å². The lowest BCUT2D eigenvalue weighted by atomic mass is 9.87. The summed E-state index contributed by atoms with van der Waals surface area (Å²) in [5.74, 6) is 0.413. The minimum Gasteiger partial charge on any atom is -0.530 e. The number of carbonyl (C=O) groups excluding carboxylic acids is 1. The van der Waals surface area contributed by atoms with Crippen molar-refractivity contribution in [1.82, 2.24) is 4.90 Å². The number of methoxy groups -OCH3 is 1. The zero-order chi connectivity index (χ0) is 21.1. The van der Waals surface area contributed by atoms with E-state index < -0.39 is 6.09 Å². The van der Waals surface area contributed by atoms with Crippen LogP contribution in [0.25, 0.3) is 10.8 Å². The van der Waals surface area contributed by atoms with E-state index in [1.807, 2.05) is 36.4 Å². The van der Waals surface area contributed by atoms with E-state index in [0.29, 0.717) is 13.0 Å². The van der Waals surface area contributed by atoms with Crippen molar-refractivity contribution in [1.29, 1.82) is 0 Å². The molecule has 1 aliphatic heterocycles. The highest BCUT2D eigenvalue weighted by Gasteiger charge is 2.31. The minimum atomic E-state index is -1.20. The third kappa shape index (κ3) is 4.09. The van der Waals surface area contributed by atoms with Gasteiger partial charge in [0.05, 0.1) is 19.8 Å². The third-order valence-corrected chi connectivity index (χ3v) is 5.73. The Bertz CT molecular complexity index is 1040. The molecule has 0 saturated carbocycles. The number of ether oxygens (including phenoxy) is 2. The van der Waals surface area contributed by atoms with Crippen LogP contribution in [0.3, 0.4) is 0 Å². The topological polar surface area (TPSA) is 61.8 Å². The first kappa shape index (κ1) is 20.2. The Kier molecular flexibility index (Phi) is 5.86. The summed E-state index contributed by atoms with van der Waals surface area (Å²) >= 11 is 0. The lowest BCUT2D eigenvalue weighted by Crippen LogP contribution is -2.51. The van der Waals surface area contributed by atoms with E-state index in [1.165, 1.54) is 17.0 Å². The first-order valence-electron chi connectivity index (χ1n) is 9.94. The van der Waals surface area contributed by atoms with Crippen molar-refractivity contribution >= 4 is 16.9 Å². The molecule has 30 heavy (non-hydrogen) atoms. The van der Waals surface area contributed by atoms with Gasteiger partial charge in [0, 0.05) is 30.0 Å². The molecular weight excluding hydrogens is 385 g/mol. The van der Waals surface area contributed by atoms with E-state index in [2.05, 4.69) is 0 Å². The number of hydrogen-bond donors (Lipinski definition) is 0. The van der Waals surface area contributed by atoms with Crippen molar-refractivity contribution in [3.05, 3.63) is 77.6 Å². The average Bonchev–Trinajstić information content (AvgIpc) is 2.77. The Morgan fingerprint density at radius 3 is 2.63 bits per heavy atom. The van der Waals surface area contributed by atoms with Crippen LogP contribution in [0.1, 0.15) is 23.5 Å². The third-order valence-electron chi connectivity index (χ3n) is 5.73. The summed E-state index contributed by atoms with van der Waals surface area (Å²) in [5, 5.41) is 13.5. The van der Waals surface area contributed by atoms with Gasteiger partial charge in [-0.05, 0) is 29.5 Å². The van der Waals surface area contributed by atoms with Gasteiger partial charge in [-0.2, -0.15) is 0 Å². The van der Waals surface area contributed by atoms with E-state index in [0.717, 1.165) is 27.6 Å². The molecular formula is C24H23FNO4-. The van der Waals surface area contributed by atoms with Gasteiger partial charge in [0.15, 0.2) is 0 Å². The van der Waals surface area contributed by atoms with Gasteiger partial charge in [-0.25, -0.2) is 4.39 Å². The number of carboxylic acid groups (broad SMARTS) is 1. The molecule has 4 rings (SSSR count). The minimum absolute atomic E-state index is 0.0346. The summed E-state index contributed by atoms with van der Waals surface area (Å²) in [5.41, 5.74) is 1.82. The maximum Gasteiger partial charge on any atom is 0.137 e. The molecule has 0 spiro atoms. The highest BCUT2D eigenvalue weighted by atomic mass is 19.1. The number of carbonyl (C=O) groups is 1. The van der Waals surface area contributed by atoms with Crippen LogP contribution in [0.4, 0.5) is 9.18 Å². The van der Waals surface area contributed by atoms with Gasteiger partial charge in [0.25, 0.3) is 0 Å². The molecule has 156 valence electrons. The molecule has 0 aromatic heterocycles. The molecule has 1 saturated heterocycles.